The Morgan fingerprint density at radius 3 is 3.00 bits per heavy atom. The molecule has 0 saturated carbocycles. The molecule has 0 bridgehead atoms. The van der Waals surface area contributed by atoms with Gasteiger partial charge in [-0.25, -0.2) is 9.97 Å². The van der Waals surface area contributed by atoms with E-state index < -0.39 is 0 Å². The van der Waals surface area contributed by atoms with Crippen molar-refractivity contribution in [2.45, 2.75) is 24.1 Å². The Bertz CT molecular complexity index is 472. The van der Waals surface area contributed by atoms with E-state index in [-0.39, 0.29) is 0 Å². The monoisotopic (exact) mass is 237 g/mol. The van der Waals surface area contributed by atoms with Gasteiger partial charge in [0, 0.05) is 19.7 Å². The highest BCUT2D eigenvalue weighted by atomic mass is 32.2. The second kappa shape index (κ2) is 4.93. The zero-order valence-corrected chi connectivity index (χ0v) is 9.78. The number of nitrogens with one attached hydrogen (secondary N) is 1. The van der Waals surface area contributed by atoms with Crippen molar-refractivity contribution in [3.63, 3.8) is 0 Å². The van der Waals surface area contributed by atoms with E-state index in [9.17, 15) is 0 Å². The molecule has 6 nitrogen and oxygen atoms in total. The molecule has 84 valence electrons. The molecule has 0 unspecified atom stereocenters. The van der Waals surface area contributed by atoms with Gasteiger partial charge in [-0.3, -0.25) is 0 Å². The average molecular weight is 237 g/mol. The van der Waals surface area contributed by atoms with Gasteiger partial charge < -0.3 is 9.73 Å². The Balaban J connectivity index is 2.12. The minimum absolute atomic E-state index is 0.485. The third-order valence-electron chi connectivity index (χ3n) is 1.66. The highest BCUT2D eigenvalue weighted by Gasteiger charge is 2.06. The molecule has 0 fully saturated rings. The SMILES string of the molecule is CCNc1nccc(Sc2nnc(C)o2)n1. The smallest absolute Gasteiger partial charge is 0.282 e. The summed E-state index contributed by atoms with van der Waals surface area (Å²) in [5, 5.41) is 11.9. The Morgan fingerprint density at radius 2 is 2.31 bits per heavy atom. The number of rotatable bonds is 4. The number of aromatic nitrogens is 4. The normalized spacial score (nSPS) is 10.4. The lowest BCUT2D eigenvalue weighted by Gasteiger charge is -2.01. The lowest BCUT2D eigenvalue weighted by Crippen LogP contribution is -2.01. The van der Waals surface area contributed by atoms with Crippen LogP contribution in [0.3, 0.4) is 0 Å². The average Bonchev–Trinajstić information content (AvgIpc) is 2.65. The van der Waals surface area contributed by atoms with Crippen molar-refractivity contribution in [2.75, 3.05) is 11.9 Å². The van der Waals surface area contributed by atoms with Gasteiger partial charge in [0.2, 0.25) is 11.8 Å². The first-order chi connectivity index (χ1) is 7.78. The summed E-state index contributed by atoms with van der Waals surface area (Å²) in [6.45, 7) is 4.53. The standard InChI is InChI=1S/C9H11N5OS/c1-3-10-8-11-5-4-7(12-8)16-9-14-13-6(2)15-9/h4-5H,3H2,1-2H3,(H,10,11,12). The van der Waals surface area contributed by atoms with Crippen molar-refractivity contribution in [1.29, 1.82) is 0 Å². The number of hydrogen-bond donors (Lipinski definition) is 1. The third kappa shape index (κ3) is 2.69. The first-order valence-corrected chi connectivity index (χ1v) is 5.64. The van der Waals surface area contributed by atoms with E-state index >= 15 is 0 Å². The lowest BCUT2D eigenvalue weighted by molar-refractivity contribution is 0.429. The molecule has 1 N–H and O–H groups in total. The zero-order chi connectivity index (χ0) is 11.4. The first-order valence-electron chi connectivity index (χ1n) is 4.83. The molecule has 0 aliphatic rings. The molecule has 2 heterocycles. The van der Waals surface area contributed by atoms with Crippen LogP contribution < -0.4 is 5.32 Å². The van der Waals surface area contributed by atoms with Crippen molar-refractivity contribution >= 4 is 17.7 Å². The van der Waals surface area contributed by atoms with Crippen LogP contribution in [0.5, 0.6) is 0 Å². The van der Waals surface area contributed by atoms with Gasteiger partial charge in [-0.1, -0.05) is 0 Å². The van der Waals surface area contributed by atoms with Crippen LogP contribution in [0.15, 0.2) is 26.9 Å². The summed E-state index contributed by atoms with van der Waals surface area (Å²) in [6, 6.07) is 1.80. The Morgan fingerprint density at radius 1 is 1.44 bits per heavy atom. The van der Waals surface area contributed by atoms with E-state index in [0.717, 1.165) is 11.6 Å². The van der Waals surface area contributed by atoms with Crippen molar-refractivity contribution in [2.24, 2.45) is 0 Å². The van der Waals surface area contributed by atoms with Gasteiger partial charge >= 0.3 is 0 Å². The molecule has 2 aromatic rings. The fourth-order valence-electron chi connectivity index (χ4n) is 1.05. The predicted octanol–water partition coefficient (Wildman–Crippen LogP) is 1.75. The maximum Gasteiger partial charge on any atom is 0.282 e. The van der Waals surface area contributed by atoms with Gasteiger partial charge in [0.05, 0.1) is 0 Å². The lowest BCUT2D eigenvalue weighted by atomic mass is 10.6. The van der Waals surface area contributed by atoms with E-state index in [0.29, 0.717) is 17.1 Å². The van der Waals surface area contributed by atoms with Crippen LogP contribution in [-0.4, -0.2) is 26.7 Å². The van der Waals surface area contributed by atoms with Crippen molar-refractivity contribution < 1.29 is 4.42 Å². The van der Waals surface area contributed by atoms with Gasteiger partial charge in [0.1, 0.15) is 5.03 Å². The topological polar surface area (TPSA) is 76.7 Å². The largest absolute Gasteiger partial charge is 0.416 e. The summed E-state index contributed by atoms with van der Waals surface area (Å²) >= 11 is 1.32. The summed E-state index contributed by atoms with van der Waals surface area (Å²) in [7, 11) is 0. The Labute approximate surface area is 96.9 Å². The molecular weight excluding hydrogens is 226 g/mol. The van der Waals surface area contributed by atoms with Crippen LogP contribution in [0.2, 0.25) is 0 Å². The zero-order valence-electron chi connectivity index (χ0n) is 8.97. The second-order valence-corrected chi connectivity index (χ2v) is 3.91. The molecule has 0 spiro atoms. The summed E-state index contributed by atoms with van der Waals surface area (Å²) in [6.07, 6.45) is 1.69. The summed E-state index contributed by atoms with van der Waals surface area (Å²) in [5.74, 6) is 1.15. The predicted molar refractivity (Wildman–Crippen MR) is 59.4 cm³/mol. The number of hydrogen-bond acceptors (Lipinski definition) is 7. The minimum atomic E-state index is 0.485. The number of aryl methyl sites for hydroxylation is 1. The first kappa shape index (κ1) is 10.9. The molecule has 0 saturated heterocycles. The molecule has 0 aromatic carbocycles. The third-order valence-corrected chi connectivity index (χ3v) is 2.44. The summed E-state index contributed by atoms with van der Waals surface area (Å²) < 4.78 is 5.25. The van der Waals surface area contributed by atoms with Crippen LogP contribution in [0.4, 0.5) is 5.95 Å². The van der Waals surface area contributed by atoms with Crippen LogP contribution in [0.25, 0.3) is 0 Å². The minimum Gasteiger partial charge on any atom is -0.416 e. The van der Waals surface area contributed by atoms with Crippen molar-refractivity contribution in [3.8, 4) is 0 Å². The van der Waals surface area contributed by atoms with Crippen molar-refractivity contribution in [3.05, 3.63) is 18.2 Å². The number of nitrogens with zero attached hydrogens (tertiary/aromatic N) is 4. The van der Waals surface area contributed by atoms with E-state index in [1.807, 2.05) is 6.92 Å². The van der Waals surface area contributed by atoms with Crippen LogP contribution >= 0.6 is 11.8 Å². The van der Waals surface area contributed by atoms with Crippen LogP contribution in [0, 0.1) is 6.92 Å². The second-order valence-electron chi connectivity index (χ2n) is 2.94. The molecule has 0 amide bonds. The molecule has 0 aliphatic heterocycles. The Hall–Kier alpha value is -1.63. The maximum absolute atomic E-state index is 5.25. The quantitative estimate of drug-likeness (QED) is 0.811. The van der Waals surface area contributed by atoms with Crippen LogP contribution in [-0.2, 0) is 0 Å². The van der Waals surface area contributed by atoms with E-state index in [2.05, 4.69) is 25.5 Å². The molecule has 0 aliphatic carbocycles. The van der Waals surface area contributed by atoms with Gasteiger partial charge in [-0.05, 0) is 24.8 Å². The molecule has 2 aromatic heterocycles. The molecule has 16 heavy (non-hydrogen) atoms. The molecular formula is C9H11N5OS. The van der Waals surface area contributed by atoms with Crippen LogP contribution in [0.1, 0.15) is 12.8 Å². The molecule has 2 rings (SSSR count). The number of anilines is 1. The fraction of sp³-hybridized carbons (Fsp3) is 0.333. The maximum atomic E-state index is 5.25. The van der Waals surface area contributed by atoms with Gasteiger partial charge in [0.25, 0.3) is 5.22 Å². The summed E-state index contributed by atoms with van der Waals surface area (Å²) in [4.78, 5) is 8.35. The van der Waals surface area contributed by atoms with E-state index in [4.69, 9.17) is 4.42 Å². The Kier molecular flexibility index (Phi) is 3.35. The highest BCUT2D eigenvalue weighted by molar-refractivity contribution is 7.99. The highest BCUT2D eigenvalue weighted by Crippen LogP contribution is 2.24. The fourth-order valence-corrected chi connectivity index (χ4v) is 1.74. The van der Waals surface area contributed by atoms with Gasteiger partial charge in [-0.2, -0.15) is 0 Å². The van der Waals surface area contributed by atoms with Gasteiger partial charge in [-0.15, -0.1) is 10.2 Å². The van der Waals surface area contributed by atoms with Gasteiger partial charge in [0.15, 0.2) is 0 Å². The molecule has 0 atom stereocenters. The molecule has 0 radical (unpaired) electrons. The van der Waals surface area contributed by atoms with E-state index in [1.165, 1.54) is 11.8 Å². The van der Waals surface area contributed by atoms with Crippen molar-refractivity contribution in [1.82, 2.24) is 20.2 Å². The molecule has 7 heteroatoms. The van der Waals surface area contributed by atoms with E-state index in [1.54, 1.807) is 19.2 Å². The summed E-state index contributed by atoms with van der Waals surface area (Å²) in [5.41, 5.74) is 0.